The van der Waals surface area contributed by atoms with E-state index >= 15 is 0 Å². The summed E-state index contributed by atoms with van der Waals surface area (Å²) in [5.41, 5.74) is 7.53. The summed E-state index contributed by atoms with van der Waals surface area (Å²) in [6.45, 7) is 11.3. The quantitative estimate of drug-likeness (QED) is 0.764. The first kappa shape index (κ1) is 20.7. The molecule has 2 saturated heterocycles. The number of ether oxygens (including phenoxy) is 3. The van der Waals surface area contributed by atoms with Crippen LogP contribution in [0.4, 0.5) is 0 Å². The lowest BCUT2D eigenvalue weighted by Crippen LogP contribution is -2.54. The van der Waals surface area contributed by atoms with Gasteiger partial charge in [-0.2, -0.15) is 0 Å². The van der Waals surface area contributed by atoms with E-state index in [0.717, 1.165) is 29.6 Å². The molecule has 3 fully saturated rings. The molecule has 3 aliphatic rings. The number of hydrogen-bond donors (Lipinski definition) is 1. The second kappa shape index (κ2) is 8.69. The highest BCUT2D eigenvalue weighted by Crippen LogP contribution is 2.52. The molecule has 8 atom stereocenters. The van der Waals surface area contributed by atoms with E-state index in [1.54, 1.807) is 0 Å². The van der Waals surface area contributed by atoms with Crippen LogP contribution >= 0.6 is 0 Å². The summed E-state index contributed by atoms with van der Waals surface area (Å²) >= 11 is 0. The predicted molar refractivity (Wildman–Crippen MR) is 115 cm³/mol. The maximum Gasteiger partial charge on any atom is 0.161 e. The van der Waals surface area contributed by atoms with Crippen LogP contribution < -0.4 is 10.5 Å². The van der Waals surface area contributed by atoms with Crippen molar-refractivity contribution in [3.63, 3.8) is 0 Å². The Labute approximate surface area is 175 Å². The van der Waals surface area contributed by atoms with Gasteiger partial charge >= 0.3 is 0 Å². The number of allylic oxidation sites excluding steroid dienone is 1. The molecule has 2 heterocycles. The minimum Gasteiger partial charge on any atom is -0.491 e. The van der Waals surface area contributed by atoms with Gasteiger partial charge in [-0.1, -0.05) is 39.0 Å². The fourth-order valence-corrected chi connectivity index (χ4v) is 5.90. The van der Waals surface area contributed by atoms with Gasteiger partial charge in [0.25, 0.3) is 0 Å². The predicted octanol–water partition coefficient (Wildman–Crippen LogP) is 4.92. The summed E-state index contributed by atoms with van der Waals surface area (Å²) in [7, 11) is 0. The molecular weight excluding hydrogens is 362 g/mol. The standard InChI is InChI=1S/C25H37NO3/c1-15-5-11-22-18(4)23(29-25-24(22)21(15)12-6-17(3)28-25)14-27-20-9-7-19(8-10-20)13-16(2)26/h7-10,15,17-18,21-25H,2,5-6,11-14,26H2,1,3-4H3/t15-,17?,18-,21+,22+,23-,24?,25+/m1/s1. The SMILES string of the molecule is C=C(N)Cc1ccc(OC[C@H]2O[C@@H]3OC(C)CC[C@@H]4C3[C@@H](CC[C@H]4C)[C@H]2C)cc1. The van der Waals surface area contributed by atoms with E-state index in [1.807, 2.05) is 12.1 Å². The van der Waals surface area contributed by atoms with Crippen molar-refractivity contribution >= 4 is 0 Å². The van der Waals surface area contributed by atoms with Crippen molar-refractivity contribution < 1.29 is 14.2 Å². The number of rotatable bonds is 5. The van der Waals surface area contributed by atoms with Crippen molar-refractivity contribution in [2.45, 2.75) is 71.4 Å². The summed E-state index contributed by atoms with van der Waals surface area (Å²) in [4.78, 5) is 0. The van der Waals surface area contributed by atoms with Crippen molar-refractivity contribution in [3.8, 4) is 5.75 Å². The monoisotopic (exact) mass is 399 g/mol. The van der Waals surface area contributed by atoms with E-state index in [0.29, 0.717) is 36.5 Å². The molecule has 2 aliphatic heterocycles. The number of nitrogens with two attached hydrogens (primary N) is 1. The van der Waals surface area contributed by atoms with E-state index in [-0.39, 0.29) is 18.5 Å². The van der Waals surface area contributed by atoms with Crippen molar-refractivity contribution in [3.05, 3.63) is 42.1 Å². The third-order valence-corrected chi connectivity index (χ3v) is 7.60. The summed E-state index contributed by atoms with van der Waals surface area (Å²) in [5, 5.41) is 0. The van der Waals surface area contributed by atoms with Crippen LogP contribution in [0.1, 0.15) is 52.0 Å². The highest BCUT2D eigenvalue weighted by Gasteiger charge is 2.52. The molecule has 0 bridgehead atoms. The zero-order chi connectivity index (χ0) is 20.5. The minimum absolute atomic E-state index is 0.0732. The Morgan fingerprint density at radius 2 is 1.76 bits per heavy atom. The average molecular weight is 400 g/mol. The van der Waals surface area contributed by atoms with E-state index < -0.39 is 0 Å². The first-order chi connectivity index (χ1) is 13.9. The third-order valence-electron chi connectivity index (χ3n) is 7.60. The Kier molecular flexibility index (Phi) is 6.21. The van der Waals surface area contributed by atoms with Gasteiger partial charge in [-0.3, -0.25) is 0 Å². The van der Waals surface area contributed by atoms with Gasteiger partial charge in [-0.05, 0) is 67.6 Å². The van der Waals surface area contributed by atoms with Crippen molar-refractivity contribution in [1.82, 2.24) is 0 Å². The summed E-state index contributed by atoms with van der Waals surface area (Å²) in [6.07, 6.45) is 6.01. The molecule has 0 spiro atoms. The van der Waals surface area contributed by atoms with Crippen molar-refractivity contribution in [1.29, 1.82) is 0 Å². The maximum absolute atomic E-state index is 6.56. The second-order valence-electron chi connectivity index (χ2n) is 9.68. The molecule has 0 amide bonds. The molecule has 160 valence electrons. The molecule has 1 saturated carbocycles. The lowest BCUT2D eigenvalue weighted by atomic mass is 9.60. The zero-order valence-corrected chi connectivity index (χ0v) is 18.2. The van der Waals surface area contributed by atoms with Gasteiger partial charge in [0.1, 0.15) is 12.4 Å². The van der Waals surface area contributed by atoms with E-state index in [9.17, 15) is 0 Å². The van der Waals surface area contributed by atoms with Crippen molar-refractivity contribution in [2.24, 2.45) is 35.3 Å². The maximum atomic E-state index is 6.56. The lowest BCUT2D eigenvalue weighted by Gasteiger charge is -2.52. The van der Waals surface area contributed by atoms with Crippen LogP contribution in [0, 0.1) is 29.6 Å². The Morgan fingerprint density at radius 3 is 2.48 bits per heavy atom. The third kappa shape index (κ3) is 4.49. The van der Waals surface area contributed by atoms with Crippen LogP contribution in [0.2, 0.25) is 0 Å². The molecule has 0 radical (unpaired) electrons. The minimum atomic E-state index is -0.0759. The van der Waals surface area contributed by atoms with E-state index in [4.69, 9.17) is 19.9 Å². The zero-order valence-electron chi connectivity index (χ0n) is 18.2. The second-order valence-corrected chi connectivity index (χ2v) is 9.68. The fourth-order valence-electron chi connectivity index (χ4n) is 5.90. The van der Waals surface area contributed by atoms with E-state index in [2.05, 4.69) is 39.5 Å². The Balaban J connectivity index is 1.43. The Hall–Kier alpha value is -1.52. The van der Waals surface area contributed by atoms with Gasteiger partial charge in [0.15, 0.2) is 6.29 Å². The van der Waals surface area contributed by atoms with Gasteiger partial charge in [-0.25, -0.2) is 0 Å². The van der Waals surface area contributed by atoms with Gasteiger partial charge in [0.2, 0.25) is 0 Å². The van der Waals surface area contributed by atoms with Gasteiger partial charge in [-0.15, -0.1) is 0 Å². The van der Waals surface area contributed by atoms with Crippen LogP contribution in [-0.4, -0.2) is 25.1 Å². The van der Waals surface area contributed by atoms with Gasteiger partial charge in [0, 0.05) is 18.0 Å². The average Bonchev–Trinajstić information content (AvgIpc) is 2.85. The van der Waals surface area contributed by atoms with E-state index in [1.165, 1.54) is 19.3 Å². The molecule has 4 nitrogen and oxygen atoms in total. The largest absolute Gasteiger partial charge is 0.491 e. The Bertz CT molecular complexity index is 703. The van der Waals surface area contributed by atoms with Gasteiger partial charge < -0.3 is 19.9 Å². The lowest BCUT2D eigenvalue weighted by molar-refractivity contribution is -0.280. The van der Waals surface area contributed by atoms with Gasteiger partial charge in [0.05, 0.1) is 12.2 Å². The number of benzene rings is 1. The summed E-state index contributed by atoms with van der Waals surface area (Å²) in [5.74, 6) is 4.09. The normalized spacial score (nSPS) is 39.3. The highest BCUT2D eigenvalue weighted by molar-refractivity contribution is 5.29. The van der Waals surface area contributed by atoms with Crippen LogP contribution in [0.15, 0.2) is 36.5 Å². The topological polar surface area (TPSA) is 53.7 Å². The summed E-state index contributed by atoms with van der Waals surface area (Å²) < 4.78 is 19.1. The fraction of sp³-hybridized carbons (Fsp3) is 0.680. The van der Waals surface area contributed by atoms with Crippen LogP contribution in [-0.2, 0) is 15.9 Å². The Morgan fingerprint density at radius 1 is 1.03 bits per heavy atom. The highest BCUT2D eigenvalue weighted by atomic mass is 16.7. The van der Waals surface area contributed by atoms with Crippen LogP contribution in [0.25, 0.3) is 0 Å². The molecule has 1 aromatic carbocycles. The molecule has 2 N–H and O–H groups in total. The first-order valence-electron chi connectivity index (χ1n) is 11.4. The summed E-state index contributed by atoms with van der Waals surface area (Å²) in [6, 6.07) is 8.13. The molecular formula is C25H37NO3. The molecule has 1 aromatic rings. The first-order valence-corrected chi connectivity index (χ1v) is 11.4. The molecule has 1 aliphatic carbocycles. The smallest absolute Gasteiger partial charge is 0.161 e. The molecule has 29 heavy (non-hydrogen) atoms. The van der Waals surface area contributed by atoms with Crippen LogP contribution in [0.5, 0.6) is 5.75 Å². The van der Waals surface area contributed by atoms with Crippen LogP contribution in [0.3, 0.4) is 0 Å². The molecule has 4 heteroatoms. The van der Waals surface area contributed by atoms with Crippen molar-refractivity contribution in [2.75, 3.05) is 6.61 Å². The number of hydrogen-bond acceptors (Lipinski definition) is 4. The molecule has 0 aromatic heterocycles. The molecule has 2 unspecified atom stereocenters. The molecule has 4 rings (SSSR count).